The van der Waals surface area contributed by atoms with E-state index in [0.29, 0.717) is 18.0 Å². The summed E-state index contributed by atoms with van der Waals surface area (Å²) in [5.41, 5.74) is 4.36. The molecule has 2 aliphatic heterocycles. The van der Waals surface area contributed by atoms with Gasteiger partial charge in [-0.2, -0.15) is 0 Å². The molecule has 3 unspecified atom stereocenters. The lowest BCUT2D eigenvalue weighted by Gasteiger charge is -2.37. The molecule has 1 saturated heterocycles. The topological polar surface area (TPSA) is 15.3 Å². The van der Waals surface area contributed by atoms with Crippen LogP contribution >= 0.6 is 0 Å². The van der Waals surface area contributed by atoms with E-state index in [9.17, 15) is 0 Å². The number of rotatable bonds is 3. The van der Waals surface area contributed by atoms with Crippen LogP contribution in [0, 0.1) is 0 Å². The van der Waals surface area contributed by atoms with Crippen LogP contribution in [0.15, 0.2) is 54.6 Å². The molecule has 0 radical (unpaired) electrons. The third-order valence-corrected chi connectivity index (χ3v) is 5.63. The van der Waals surface area contributed by atoms with Crippen molar-refractivity contribution in [3.8, 4) is 0 Å². The van der Waals surface area contributed by atoms with E-state index in [2.05, 4.69) is 71.7 Å². The van der Waals surface area contributed by atoms with Gasteiger partial charge >= 0.3 is 0 Å². The first-order chi connectivity index (χ1) is 11.3. The Hall–Kier alpha value is -1.80. The highest BCUT2D eigenvalue weighted by Crippen LogP contribution is 2.41. The number of hydrogen-bond acceptors (Lipinski definition) is 2. The Morgan fingerprint density at radius 3 is 2.57 bits per heavy atom. The van der Waals surface area contributed by atoms with Crippen molar-refractivity contribution in [3.63, 3.8) is 0 Å². The van der Waals surface area contributed by atoms with Crippen molar-refractivity contribution in [3.05, 3.63) is 65.7 Å². The zero-order valence-electron chi connectivity index (χ0n) is 13.9. The largest absolute Gasteiger partial charge is 0.366 e. The standard InChI is InChI=1S/C21H26N2/c1-16(20-12-7-8-14-22-20)23-15-19(17-9-3-2-4-10-17)18-11-5-6-13-21(18)23/h2-6,9-11,13,16,19-20,22H,7-8,12,14-15H2,1H3. The van der Waals surface area contributed by atoms with Crippen LogP contribution in [0.4, 0.5) is 5.69 Å². The smallest absolute Gasteiger partial charge is 0.0415 e. The van der Waals surface area contributed by atoms with Gasteiger partial charge in [0.2, 0.25) is 0 Å². The van der Waals surface area contributed by atoms with Crippen LogP contribution in [0.25, 0.3) is 0 Å². The number of para-hydroxylation sites is 1. The molecule has 120 valence electrons. The first-order valence-electron chi connectivity index (χ1n) is 8.98. The minimum absolute atomic E-state index is 0.499. The Balaban J connectivity index is 1.64. The minimum atomic E-state index is 0.499. The number of piperidine rings is 1. The molecule has 0 amide bonds. The van der Waals surface area contributed by atoms with Gasteiger partial charge in [-0.25, -0.2) is 0 Å². The summed E-state index contributed by atoms with van der Waals surface area (Å²) in [5.74, 6) is 0.499. The van der Waals surface area contributed by atoms with Crippen molar-refractivity contribution >= 4 is 5.69 Å². The number of anilines is 1. The highest BCUT2D eigenvalue weighted by molar-refractivity contribution is 5.63. The highest BCUT2D eigenvalue weighted by atomic mass is 15.2. The molecule has 2 aliphatic rings. The second kappa shape index (κ2) is 6.37. The van der Waals surface area contributed by atoms with Crippen LogP contribution in [0.2, 0.25) is 0 Å². The molecule has 4 rings (SSSR count). The van der Waals surface area contributed by atoms with E-state index in [-0.39, 0.29) is 0 Å². The summed E-state index contributed by atoms with van der Waals surface area (Å²) in [6.45, 7) is 4.67. The molecule has 1 N–H and O–H groups in total. The van der Waals surface area contributed by atoms with E-state index >= 15 is 0 Å². The lowest BCUT2D eigenvalue weighted by Crippen LogP contribution is -2.50. The molecule has 23 heavy (non-hydrogen) atoms. The molecule has 1 fully saturated rings. The van der Waals surface area contributed by atoms with Crippen LogP contribution in [0.5, 0.6) is 0 Å². The van der Waals surface area contributed by atoms with Crippen LogP contribution in [-0.2, 0) is 0 Å². The van der Waals surface area contributed by atoms with Gasteiger partial charge in [-0.05, 0) is 43.5 Å². The van der Waals surface area contributed by atoms with Crippen molar-refractivity contribution in [2.24, 2.45) is 0 Å². The molecule has 0 spiro atoms. The molecule has 2 aromatic carbocycles. The summed E-state index contributed by atoms with van der Waals surface area (Å²) in [6, 6.07) is 21.1. The first-order valence-corrected chi connectivity index (χ1v) is 8.98. The molecule has 2 aromatic rings. The van der Waals surface area contributed by atoms with E-state index in [1.165, 1.54) is 42.6 Å². The van der Waals surface area contributed by atoms with E-state index in [1.54, 1.807) is 0 Å². The fraction of sp³-hybridized carbons (Fsp3) is 0.429. The molecule has 0 bridgehead atoms. The van der Waals surface area contributed by atoms with Crippen LogP contribution in [-0.4, -0.2) is 25.2 Å². The minimum Gasteiger partial charge on any atom is -0.366 e. The van der Waals surface area contributed by atoms with Gasteiger partial charge in [-0.15, -0.1) is 0 Å². The fourth-order valence-electron chi connectivity index (χ4n) is 4.30. The Kier molecular flexibility index (Phi) is 4.09. The summed E-state index contributed by atoms with van der Waals surface area (Å²) in [7, 11) is 0. The van der Waals surface area contributed by atoms with E-state index in [4.69, 9.17) is 0 Å². The van der Waals surface area contributed by atoms with Crippen LogP contribution in [0.1, 0.15) is 43.2 Å². The van der Waals surface area contributed by atoms with Crippen molar-refractivity contribution in [1.29, 1.82) is 0 Å². The first kappa shape index (κ1) is 14.8. The number of fused-ring (bicyclic) bond motifs is 1. The normalized spacial score (nSPS) is 25.2. The lowest BCUT2D eigenvalue weighted by atomic mass is 9.93. The van der Waals surface area contributed by atoms with Gasteiger partial charge in [0, 0.05) is 30.2 Å². The fourth-order valence-corrected chi connectivity index (χ4v) is 4.30. The predicted molar refractivity (Wildman–Crippen MR) is 97.2 cm³/mol. The van der Waals surface area contributed by atoms with Gasteiger partial charge in [-0.3, -0.25) is 0 Å². The van der Waals surface area contributed by atoms with Crippen LogP contribution < -0.4 is 10.2 Å². The third-order valence-electron chi connectivity index (χ3n) is 5.63. The second-order valence-electron chi connectivity index (χ2n) is 6.97. The molecule has 0 saturated carbocycles. The number of benzene rings is 2. The van der Waals surface area contributed by atoms with Gasteiger partial charge in [0.15, 0.2) is 0 Å². The van der Waals surface area contributed by atoms with Gasteiger partial charge in [-0.1, -0.05) is 55.0 Å². The lowest BCUT2D eigenvalue weighted by molar-refractivity contribution is 0.350. The quantitative estimate of drug-likeness (QED) is 0.915. The zero-order valence-corrected chi connectivity index (χ0v) is 13.9. The van der Waals surface area contributed by atoms with Crippen molar-refractivity contribution in [2.45, 2.75) is 44.2 Å². The molecule has 2 heteroatoms. The summed E-state index contributed by atoms with van der Waals surface area (Å²) >= 11 is 0. The summed E-state index contributed by atoms with van der Waals surface area (Å²) < 4.78 is 0. The van der Waals surface area contributed by atoms with Gasteiger partial charge < -0.3 is 10.2 Å². The van der Waals surface area contributed by atoms with E-state index in [0.717, 1.165) is 6.54 Å². The molecule has 0 aromatic heterocycles. The Morgan fingerprint density at radius 2 is 1.78 bits per heavy atom. The van der Waals surface area contributed by atoms with Crippen LogP contribution in [0.3, 0.4) is 0 Å². The van der Waals surface area contributed by atoms with Gasteiger partial charge in [0.1, 0.15) is 0 Å². The van der Waals surface area contributed by atoms with Crippen molar-refractivity contribution in [1.82, 2.24) is 5.32 Å². The maximum Gasteiger partial charge on any atom is 0.0415 e. The zero-order chi connectivity index (χ0) is 15.6. The Morgan fingerprint density at radius 1 is 1.00 bits per heavy atom. The average Bonchev–Trinajstić information content (AvgIpc) is 3.02. The monoisotopic (exact) mass is 306 g/mol. The predicted octanol–water partition coefficient (Wildman–Crippen LogP) is 4.17. The second-order valence-corrected chi connectivity index (χ2v) is 6.97. The summed E-state index contributed by atoms with van der Waals surface area (Å²) in [6.07, 6.45) is 3.99. The third kappa shape index (κ3) is 2.76. The molecular weight excluding hydrogens is 280 g/mol. The molecule has 3 atom stereocenters. The highest BCUT2D eigenvalue weighted by Gasteiger charge is 2.34. The maximum absolute atomic E-state index is 3.74. The van der Waals surface area contributed by atoms with E-state index in [1.807, 2.05) is 0 Å². The summed E-state index contributed by atoms with van der Waals surface area (Å²) in [5, 5.41) is 3.74. The maximum atomic E-state index is 3.74. The van der Waals surface area contributed by atoms with Gasteiger partial charge in [0.25, 0.3) is 0 Å². The van der Waals surface area contributed by atoms with Crippen molar-refractivity contribution in [2.75, 3.05) is 18.0 Å². The number of nitrogens with one attached hydrogen (secondary N) is 1. The van der Waals surface area contributed by atoms with E-state index < -0.39 is 0 Å². The Bertz CT molecular complexity index is 646. The average molecular weight is 306 g/mol. The molecule has 2 heterocycles. The SMILES string of the molecule is CC(C1CCCCN1)N1CC(c2ccccc2)c2ccccc21. The van der Waals surface area contributed by atoms with Gasteiger partial charge in [0.05, 0.1) is 0 Å². The number of hydrogen-bond donors (Lipinski definition) is 1. The Labute approximate surface area is 139 Å². The molecule has 2 nitrogen and oxygen atoms in total. The summed E-state index contributed by atoms with van der Waals surface area (Å²) in [4.78, 5) is 2.63. The molecular formula is C21H26N2. The number of nitrogens with zero attached hydrogens (tertiary/aromatic N) is 1. The van der Waals surface area contributed by atoms with Crippen molar-refractivity contribution < 1.29 is 0 Å². The molecule has 0 aliphatic carbocycles.